The van der Waals surface area contributed by atoms with Gasteiger partial charge in [-0.1, -0.05) is 6.08 Å². The number of carbonyl (C=O) groups excluding carboxylic acids is 1. The molecule has 0 N–H and O–H groups in total. The average Bonchev–Trinajstić information content (AvgIpc) is 3.22. The van der Waals surface area contributed by atoms with Crippen molar-refractivity contribution < 1.29 is 14.3 Å². The van der Waals surface area contributed by atoms with Crippen molar-refractivity contribution in [1.29, 1.82) is 0 Å². The lowest BCUT2D eigenvalue weighted by Gasteiger charge is -2.53. The molecule has 1 aromatic heterocycles. The zero-order valence-corrected chi connectivity index (χ0v) is 14.9. The predicted molar refractivity (Wildman–Crippen MR) is 91.9 cm³/mol. The Kier molecular flexibility index (Phi) is 4.45. The van der Waals surface area contributed by atoms with Gasteiger partial charge in [-0.2, -0.15) is 0 Å². The lowest BCUT2D eigenvalue weighted by Crippen LogP contribution is -2.67. The Bertz CT molecular complexity index is 648. The van der Waals surface area contributed by atoms with Gasteiger partial charge in [-0.3, -0.25) is 4.79 Å². The van der Waals surface area contributed by atoms with E-state index in [0.29, 0.717) is 26.3 Å². The van der Waals surface area contributed by atoms with Crippen molar-refractivity contribution in [2.24, 2.45) is 0 Å². The summed E-state index contributed by atoms with van der Waals surface area (Å²) < 4.78 is 12.1. The van der Waals surface area contributed by atoms with Gasteiger partial charge in [0.05, 0.1) is 36.5 Å². The van der Waals surface area contributed by atoms with Gasteiger partial charge in [0.2, 0.25) is 5.91 Å². The molecule has 0 saturated carbocycles. The van der Waals surface area contributed by atoms with Crippen molar-refractivity contribution in [2.75, 3.05) is 19.7 Å². The summed E-state index contributed by atoms with van der Waals surface area (Å²) in [5.41, 5.74) is 1.82. The second kappa shape index (κ2) is 6.58. The molecule has 0 radical (unpaired) electrons. The molecular weight excluding hydrogens is 324 g/mol. The van der Waals surface area contributed by atoms with E-state index < -0.39 is 0 Å². The number of amides is 1. The first-order valence-electron chi connectivity index (χ1n) is 8.78. The van der Waals surface area contributed by atoms with Crippen LogP contribution in [0.1, 0.15) is 42.8 Å². The summed E-state index contributed by atoms with van der Waals surface area (Å²) in [4.78, 5) is 18.8. The maximum absolute atomic E-state index is 12.4. The molecule has 0 bridgehead atoms. The van der Waals surface area contributed by atoms with E-state index in [1.165, 1.54) is 0 Å². The molecule has 1 spiro atoms. The molecule has 24 heavy (non-hydrogen) atoms. The van der Waals surface area contributed by atoms with E-state index in [1.807, 2.05) is 11.8 Å². The minimum atomic E-state index is -0.185. The summed E-state index contributed by atoms with van der Waals surface area (Å²) in [5, 5.41) is 3.13. The Morgan fingerprint density at radius 1 is 1.54 bits per heavy atom. The third-order valence-electron chi connectivity index (χ3n) is 5.14. The molecule has 1 aliphatic carbocycles. The van der Waals surface area contributed by atoms with Crippen molar-refractivity contribution in [3.05, 3.63) is 27.7 Å². The number of ether oxygens (including phenoxy) is 2. The van der Waals surface area contributed by atoms with E-state index in [9.17, 15) is 4.79 Å². The number of nitrogens with zero attached hydrogens (tertiary/aromatic N) is 2. The number of hydrogen-bond acceptors (Lipinski definition) is 5. The Hall–Kier alpha value is -1.24. The molecule has 6 heteroatoms. The van der Waals surface area contributed by atoms with E-state index in [2.05, 4.69) is 16.4 Å². The van der Waals surface area contributed by atoms with E-state index in [1.54, 1.807) is 11.3 Å². The van der Waals surface area contributed by atoms with Gasteiger partial charge in [0.25, 0.3) is 0 Å². The van der Waals surface area contributed by atoms with Gasteiger partial charge in [0, 0.05) is 24.0 Å². The number of carbonyl (C=O) groups is 1. The van der Waals surface area contributed by atoms with Gasteiger partial charge in [0.1, 0.15) is 5.60 Å². The molecule has 2 fully saturated rings. The molecule has 0 aromatic carbocycles. The first-order valence-corrected chi connectivity index (χ1v) is 9.66. The minimum absolute atomic E-state index is 0.185. The highest BCUT2D eigenvalue weighted by Crippen LogP contribution is 2.37. The monoisotopic (exact) mass is 348 g/mol. The minimum Gasteiger partial charge on any atom is -0.372 e. The second-order valence-electron chi connectivity index (χ2n) is 7.10. The average molecular weight is 348 g/mol. The van der Waals surface area contributed by atoms with Gasteiger partial charge < -0.3 is 14.4 Å². The molecule has 5 nitrogen and oxygen atoms in total. The number of allylic oxidation sites excluding steroid dienone is 1. The summed E-state index contributed by atoms with van der Waals surface area (Å²) in [6.07, 6.45) is 7.18. The zero-order chi connectivity index (χ0) is 16.6. The van der Waals surface area contributed by atoms with Crippen LogP contribution in [0.5, 0.6) is 0 Å². The highest BCUT2D eigenvalue weighted by Gasteiger charge is 2.50. The van der Waals surface area contributed by atoms with E-state index in [-0.39, 0.29) is 17.6 Å². The number of rotatable bonds is 4. The highest BCUT2D eigenvalue weighted by molar-refractivity contribution is 7.09. The molecule has 4 rings (SSSR count). The van der Waals surface area contributed by atoms with E-state index in [0.717, 1.165) is 48.4 Å². The number of hydrogen-bond donors (Lipinski definition) is 0. The van der Waals surface area contributed by atoms with Crippen molar-refractivity contribution in [2.45, 2.75) is 57.3 Å². The molecule has 2 saturated heterocycles. The smallest absolute Gasteiger partial charge is 0.249 e. The number of likely N-dealkylation sites (tertiary alicyclic amines) is 1. The van der Waals surface area contributed by atoms with Crippen LogP contribution in [0.2, 0.25) is 0 Å². The SMILES string of the molecule is Cc1nc(COC2CCOC3(C2)CN(C(=O)C2=CCCC2)C3)cs1. The number of thiazole rings is 1. The van der Waals surface area contributed by atoms with Crippen LogP contribution in [0.25, 0.3) is 0 Å². The standard InChI is InChI=1S/C18H24N2O3S/c1-13-19-15(10-24-13)9-22-16-6-7-23-18(8-16)11-20(12-18)17(21)14-4-2-3-5-14/h4,10,16H,2-3,5-9,11-12H2,1H3. The summed E-state index contributed by atoms with van der Waals surface area (Å²) in [6, 6.07) is 0. The molecule has 3 heterocycles. The summed E-state index contributed by atoms with van der Waals surface area (Å²) in [6.45, 7) is 4.71. The first kappa shape index (κ1) is 16.2. The number of aromatic nitrogens is 1. The number of aryl methyl sites for hydroxylation is 1. The third-order valence-corrected chi connectivity index (χ3v) is 5.96. The van der Waals surface area contributed by atoms with Crippen LogP contribution in [0.4, 0.5) is 0 Å². The fourth-order valence-corrected chi connectivity index (χ4v) is 4.48. The van der Waals surface area contributed by atoms with Gasteiger partial charge >= 0.3 is 0 Å². The second-order valence-corrected chi connectivity index (χ2v) is 8.16. The van der Waals surface area contributed by atoms with E-state index >= 15 is 0 Å². The van der Waals surface area contributed by atoms with Gasteiger partial charge in [0.15, 0.2) is 0 Å². The fourth-order valence-electron chi connectivity index (χ4n) is 3.88. The molecule has 1 amide bonds. The maximum atomic E-state index is 12.4. The Labute approximate surface area is 146 Å². The van der Waals surface area contributed by atoms with Crippen molar-refractivity contribution in [1.82, 2.24) is 9.88 Å². The van der Waals surface area contributed by atoms with Crippen molar-refractivity contribution in [3.63, 3.8) is 0 Å². The predicted octanol–water partition coefficient (Wildman–Crippen LogP) is 2.84. The van der Waals surface area contributed by atoms with Gasteiger partial charge in [-0.15, -0.1) is 11.3 Å². The molecule has 130 valence electrons. The quantitative estimate of drug-likeness (QED) is 0.840. The van der Waals surface area contributed by atoms with Crippen molar-refractivity contribution in [3.8, 4) is 0 Å². The molecular formula is C18H24N2O3S. The van der Waals surface area contributed by atoms with Crippen LogP contribution in [0.15, 0.2) is 17.0 Å². The fraction of sp³-hybridized carbons (Fsp3) is 0.667. The van der Waals surface area contributed by atoms with Crippen LogP contribution in [0, 0.1) is 6.92 Å². The largest absolute Gasteiger partial charge is 0.372 e. The lowest BCUT2D eigenvalue weighted by atomic mass is 9.84. The van der Waals surface area contributed by atoms with Crippen molar-refractivity contribution >= 4 is 17.2 Å². The van der Waals surface area contributed by atoms with Crippen LogP contribution >= 0.6 is 11.3 Å². The Morgan fingerprint density at radius 2 is 2.42 bits per heavy atom. The molecule has 3 aliphatic rings. The van der Waals surface area contributed by atoms with Gasteiger partial charge in [-0.25, -0.2) is 4.98 Å². The summed E-state index contributed by atoms with van der Waals surface area (Å²) >= 11 is 1.66. The van der Waals surface area contributed by atoms with Crippen LogP contribution < -0.4 is 0 Å². The summed E-state index contributed by atoms with van der Waals surface area (Å²) in [7, 11) is 0. The van der Waals surface area contributed by atoms with Crippen LogP contribution in [-0.2, 0) is 20.9 Å². The zero-order valence-electron chi connectivity index (χ0n) is 14.1. The van der Waals surface area contributed by atoms with E-state index in [4.69, 9.17) is 9.47 Å². The Balaban J connectivity index is 1.28. The topological polar surface area (TPSA) is 51.7 Å². The molecule has 2 aliphatic heterocycles. The van der Waals surface area contributed by atoms with Gasteiger partial charge in [-0.05, 0) is 32.6 Å². The Morgan fingerprint density at radius 3 is 3.12 bits per heavy atom. The third kappa shape index (κ3) is 3.27. The normalized spacial score (nSPS) is 25.6. The maximum Gasteiger partial charge on any atom is 0.249 e. The molecule has 1 aromatic rings. The first-order chi connectivity index (χ1) is 11.6. The van der Waals surface area contributed by atoms with Crippen LogP contribution in [-0.4, -0.2) is 47.2 Å². The molecule has 1 unspecified atom stereocenters. The van der Waals surface area contributed by atoms with Crippen LogP contribution in [0.3, 0.4) is 0 Å². The summed E-state index contributed by atoms with van der Waals surface area (Å²) in [5.74, 6) is 0.211. The highest BCUT2D eigenvalue weighted by atomic mass is 32.1. The lowest BCUT2D eigenvalue weighted by molar-refractivity contribution is -0.200. The molecule has 1 atom stereocenters.